The molecule has 0 aromatic rings. The fourth-order valence-electron chi connectivity index (χ4n) is 5.18. The summed E-state index contributed by atoms with van der Waals surface area (Å²) in [4.78, 5) is 28.9. The van der Waals surface area contributed by atoms with Gasteiger partial charge in [0.25, 0.3) is 16.1 Å². The summed E-state index contributed by atoms with van der Waals surface area (Å²) in [6, 6.07) is -0.328. The topological polar surface area (TPSA) is 102 Å². The summed E-state index contributed by atoms with van der Waals surface area (Å²) in [6.45, 7) is 8.52. The number of ether oxygens (including phenoxy) is 1. The monoisotopic (exact) mass is 457 g/mol. The lowest BCUT2D eigenvalue weighted by atomic mass is 9.77. The Labute approximate surface area is 185 Å². The molecule has 3 aliphatic heterocycles. The second-order valence-electron chi connectivity index (χ2n) is 9.67. The highest BCUT2D eigenvalue weighted by molar-refractivity contribution is 7.86. The number of carbonyl (C=O) groups excluding carboxylic acids is 2. The lowest BCUT2D eigenvalue weighted by Crippen LogP contribution is -2.58. The van der Waals surface area contributed by atoms with Crippen molar-refractivity contribution in [2.24, 2.45) is 5.92 Å². The highest BCUT2D eigenvalue weighted by atomic mass is 32.2. The predicted octanol–water partition coefficient (Wildman–Crippen LogP) is 0.416. The smallest absolute Gasteiger partial charge is 0.326 e. The number of nitrogens with one attached hydrogen (secondary N) is 1. The lowest BCUT2D eigenvalue weighted by Gasteiger charge is -2.40. The van der Waals surface area contributed by atoms with E-state index in [1.165, 1.54) is 13.5 Å². The summed E-state index contributed by atoms with van der Waals surface area (Å²) in [5.74, 6) is 0.451. The van der Waals surface area contributed by atoms with Crippen molar-refractivity contribution < 1.29 is 22.7 Å². The molecule has 31 heavy (non-hydrogen) atoms. The fourth-order valence-corrected chi connectivity index (χ4v) is 6.93. The van der Waals surface area contributed by atoms with Crippen LogP contribution in [0.15, 0.2) is 0 Å². The van der Waals surface area contributed by atoms with Crippen molar-refractivity contribution >= 4 is 22.1 Å². The van der Waals surface area contributed by atoms with Gasteiger partial charge in [0.15, 0.2) is 0 Å². The van der Waals surface area contributed by atoms with E-state index in [2.05, 4.69) is 12.2 Å². The molecule has 11 heteroatoms. The van der Waals surface area contributed by atoms with Gasteiger partial charge < -0.3 is 10.1 Å². The van der Waals surface area contributed by atoms with Crippen LogP contribution < -0.4 is 5.32 Å². The van der Waals surface area contributed by atoms with Gasteiger partial charge in [-0.05, 0) is 45.4 Å². The minimum absolute atomic E-state index is 0.129. The maximum Gasteiger partial charge on any atom is 0.326 e. The standard InChI is InChI=1S/C20H35N5O5S/c1-15-4-6-20(7-5-15)18(26)25(19(27)21-20)14-22-8-10-23(11-9-22)31(28,29)24-12-16(2)30-17(3)13-24/h15-17H,4-14H2,1-3H3,(H,21,27). The van der Waals surface area contributed by atoms with E-state index in [0.717, 1.165) is 12.8 Å². The Morgan fingerprint density at radius 3 is 2.13 bits per heavy atom. The van der Waals surface area contributed by atoms with Crippen LogP contribution in [0.2, 0.25) is 0 Å². The van der Waals surface area contributed by atoms with Crippen LogP contribution in [0.5, 0.6) is 0 Å². The summed E-state index contributed by atoms with van der Waals surface area (Å²) in [7, 11) is -3.55. The van der Waals surface area contributed by atoms with E-state index >= 15 is 0 Å². The van der Waals surface area contributed by atoms with Crippen LogP contribution in [-0.2, 0) is 19.7 Å². The molecule has 0 aromatic carbocycles. The molecule has 4 fully saturated rings. The van der Waals surface area contributed by atoms with Gasteiger partial charge in [-0.25, -0.2) is 9.69 Å². The quantitative estimate of drug-likeness (QED) is 0.614. The number of morpholine rings is 1. The lowest BCUT2D eigenvalue weighted by molar-refractivity contribution is -0.134. The Kier molecular flexibility index (Phi) is 6.34. The third-order valence-electron chi connectivity index (χ3n) is 7.09. The second kappa shape index (κ2) is 8.58. The molecule has 3 heterocycles. The van der Waals surface area contributed by atoms with E-state index in [1.807, 2.05) is 18.7 Å². The number of amides is 3. The highest BCUT2D eigenvalue weighted by Gasteiger charge is 2.52. The van der Waals surface area contributed by atoms with Crippen LogP contribution in [0.1, 0.15) is 46.5 Å². The van der Waals surface area contributed by atoms with E-state index in [9.17, 15) is 18.0 Å². The molecule has 4 rings (SSSR count). The van der Waals surface area contributed by atoms with E-state index in [1.54, 1.807) is 0 Å². The van der Waals surface area contributed by atoms with Crippen molar-refractivity contribution in [1.82, 2.24) is 23.7 Å². The summed E-state index contributed by atoms with van der Waals surface area (Å²) in [6.07, 6.45) is 3.00. The number of hydrogen-bond acceptors (Lipinski definition) is 6. The van der Waals surface area contributed by atoms with Crippen LogP contribution in [-0.4, -0.2) is 102 Å². The molecule has 1 spiro atoms. The van der Waals surface area contributed by atoms with Gasteiger partial charge in [-0.1, -0.05) is 6.92 Å². The first kappa shape index (κ1) is 22.9. The highest BCUT2D eigenvalue weighted by Crippen LogP contribution is 2.36. The van der Waals surface area contributed by atoms with Gasteiger partial charge in [-0.3, -0.25) is 9.69 Å². The fraction of sp³-hybridized carbons (Fsp3) is 0.900. The van der Waals surface area contributed by atoms with E-state index in [0.29, 0.717) is 58.0 Å². The Balaban J connectivity index is 1.33. The summed E-state index contributed by atoms with van der Waals surface area (Å²) < 4.78 is 34.8. The molecular weight excluding hydrogens is 422 g/mol. The SMILES string of the molecule is CC1CCC2(CC1)NC(=O)N(CN1CCN(S(=O)(=O)N3CC(C)OC(C)C3)CC1)C2=O. The van der Waals surface area contributed by atoms with Gasteiger partial charge in [0, 0.05) is 39.3 Å². The van der Waals surface area contributed by atoms with Crippen molar-refractivity contribution in [3.63, 3.8) is 0 Å². The van der Waals surface area contributed by atoms with E-state index in [-0.39, 0.29) is 30.8 Å². The molecule has 2 atom stereocenters. The van der Waals surface area contributed by atoms with Gasteiger partial charge in [-0.2, -0.15) is 17.0 Å². The van der Waals surface area contributed by atoms with E-state index < -0.39 is 15.7 Å². The van der Waals surface area contributed by atoms with Gasteiger partial charge in [0.1, 0.15) is 5.54 Å². The Bertz CT molecular complexity index is 795. The number of imide groups is 1. The van der Waals surface area contributed by atoms with Gasteiger partial charge in [0.05, 0.1) is 18.9 Å². The van der Waals surface area contributed by atoms with Crippen molar-refractivity contribution in [3.05, 3.63) is 0 Å². The molecule has 2 unspecified atom stereocenters. The molecule has 1 N–H and O–H groups in total. The van der Waals surface area contributed by atoms with Crippen LogP contribution in [0.25, 0.3) is 0 Å². The van der Waals surface area contributed by atoms with Crippen molar-refractivity contribution in [2.45, 2.75) is 64.2 Å². The summed E-state index contributed by atoms with van der Waals surface area (Å²) in [5, 5.41) is 2.95. The largest absolute Gasteiger partial charge is 0.373 e. The van der Waals surface area contributed by atoms with Gasteiger partial charge in [0.2, 0.25) is 0 Å². The molecule has 0 bridgehead atoms. The van der Waals surface area contributed by atoms with Gasteiger partial charge >= 0.3 is 6.03 Å². The van der Waals surface area contributed by atoms with Crippen molar-refractivity contribution in [2.75, 3.05) is 45.9 Å². The molecule has 10 nitrogen and oxygen atoms in total. The third-order valence-corrected chi connectivity index (χ3v) is 9.05. The second-order valence-corrected chi connectivity index (χ2v) is 11.6. The molecule has 4 aliphatic rings. The predicted molar refractivity (Wildman–Crippen MR) is 114 cm³/mol. The summed E-state index contributed by atoms with van der Waals surface area (Å²) >= 11 is 0. The first-order valence-electron chi connectivity index (χ1n) is 11.4. The Hall–Kier alpha value is -1.27. The Morgan fingerprint density at radius 2 is 1.55 bits per heavy atom. The molecule has 1 aliphatic carbocycles. The molecular formula is C20H35N5O5S. The number of urea groups is 1. The molecule has 3 saturated heterocycles. The zero-order chi connectivity index (χ0) is 22.4. The normalized spacial score (nSPS) is 36.9. The summed E-state index contributed by atoms with van der Waals surface area (Å²) in [5.41, 5.74) is -0.738. The average molecular weight is 458 g/mol. The maximum absolute atomic E-state index is 13.1. The molecule has 176 valence electrons. The third kappa shape index (κ3) is 4.47. The average Bonchev–Trinajstić information content (AvgIpc) is 2.94. The zero-order valence-corrected chi connectivity index (χ0v) is 19.6. The number of hydrogen-bond donors (Lipinski definition) is 1. The maximum atomic E-state index is 13.1. The minimum atomic E-state index is -3.55. The van der Waals surface area contributed by atoms with Crippen molar-refractivity contribution in [3.8, 4) is 0 Å². The molecule has 0 radical (unpaired) electrons. The number of piperazine rings is 1. The van der Waals surface area contributed by atoms with Crippen molar-refractivity contribution in [1.29, 1.82) is 0 Å². The van der Waals surface area contributed by atoms with E-state index in [4.69, 9.17) is 4.74 Å². The Morgan fingerprint density at radius 1 is 0.968 bits per heavy atom. The number of nitrogens with zero attached hydrogens (tertiary/aromatic N) is 4. The van der Waals surface area contributed by atoms with Crippen LogP contribution >= 0.6 is 0 Å². The number of rotatable bonds is 4. The van der Waals surface area contributed by atoms with Crippen LogP contribution in [0.3, 0.4) is 0 Å². The molecule has 1 saturated carbocycles. The molecule has 0 aromatic heterocycles. The van der Waals surface area contributed by atoms with Gasteiger partial charge in [-0.15, -0.1) is 0 Å². The first-order valence-corrected chi connectivity index (χ1v) is 12.8. The zero-order valence-electron chi connectivity index (χ0n) is 18.7. The van der Waals surface area contributed by atoms with Crippen LogP contribution in [0, 0.1) is 5.92 Å². The minimum Gasteiger partial charge on any atom is -0.373 e. The first-order chi connectivity index (χ1) is 14.6. The number of carbonyl (C=O) groups is 2. The molecule has 3 amide bonds. The van der Waals surface area contributed by atoms with Crippen LogP contribution in [0.4, 0.5) is 4.79 Å².